The molecule has 1 aliphatic carbocycles. The lowest BCUT2D eigenvalue weighted by atomic mass is 10.1. The van der Waals surface area contributed by atoms with E-state index in [2.05, 4.69) is 16.0 Å². The van der Waals surface area contributed by atoms with Crippen LogP contribution in [0.5, 0.6) is 0 Å². The van der Waals surface area contributed by atoms with Crippen molar-refractivity contribution < 1.29 is 19.2 Å². The van der Waals surface area contributed by atoms with E-state index >= 15 is 0 Å². The fourth-order valence-corrected chi connectivity index (χ4v) is 3.96. The van der Waals surface area contributed by atoms with Gasteiger partial charge in [0.05, 0.1) is 11.4 Å². The molecule has 0 aromatic carbocycles. The molecule has 2 fully saturated rings. The molecule has 0 spiro atoms. The Morgan fingerprint density at radius 2 is 2.04 bits per heavy atom. The molecule has 8 heteroatoms. The molecule has 24 heavy (non-hydrogen) atoms. The van der Waals surface area contributed by atoms with Gasteiger partial charge in [0, 0.05) is 18.2 Å². The Hall–Kier alpha value is -2.22. The van der Waals surface area contributed by atoms with Crippen molar-refractivity contribution in [2.75, 3.05) is 5.32 Å². The summed E-state index contributed by atoms with van der Waals surface area (Å²) >= 11 is 1.51. The van der Waals surface area contributed by atoms with Gasteiger partial charge in [0.15, 0.2) is 0 Å². The van der Waals surface area contributed by atoms with E-state index in [0.717, 1.165) is 18.4 Å². The summed E-state index contributed by atoms with van der Waals surface area (Å²) in [6, 6.07) is 1.29. The molecule has 3 N–H and O–H groups in total. The van der Waals surface area contributed by atoms with Gasteiger partial charge in [-0.05, 0) is 36.8 Å². The van der Waals surface area contributed by atoms with Crippen molar-refractivity contribution in [3.05, 3.63) is 16.5 Å². The molecule has 3 rings (SSSR count). The predicted molar refractivity (Wildman–Crippen MR) is 88.6 cm³/mol. The lowest BCUT2D eigenvalue weighted by Crippen LogP contribution is -2.52. The molecule has 1 aromatic heterocycles. The van der Waals surface area contributed by atoms with Crippen LogP contribution in [0.3, 0.4) is 0 Å². The molecule has 1 atom stereocenters. The highest BCUT2D eigenvalue weighted by molar-refractivity contribution is 7.16. The van der Waals surface area contributed by atoms with Gasteiger partial charge in [0.2, 0.25) is 23.6 Å². The van der Waals surface area contributed by atoms with E-state index in [0.29, 0.717) is 17.3 Å². The van der Waals surface area contributed by atoms with Crippen molar-refractivity contribution in [1.29, 1.82) is 0 Å². The minimum Gasteiger partial charge on any atom is -0.344 e. The number of hydrogen-bond donors (Lipinski definition) is 3. The Kier molecular flexibility index (Phi) is 4.66. The molecule has 2 heterocycles. The number of carbonyl (C=O) groups excluding carboxylic acids is 4. The highest BCUT2D eigenvalue weighted by Gasteiger charge is 2.29. The van der Waals surface area contributed by atoms with Crippen molar-refractivity contribution in [2.45, 2.75) is 51.0 Å². The number of amides is 4. The first-order valence-corrected chi connectivity index (χ1v) is 8.77. The molecule has 128 valence electrons. The topological polar surface area (TPSA) is 104 Å². The molecule has 7 nitrogen and oxygen atoms in total. The largest absolute Gasteiger partial charge is 0.344 e. The first-order valence-electron chi connectivity index (χ1n) is 7.95. The van der Waals surface area contributed by atoms with Crippen molar-refractivity contribution >= 4 is 40.0 Å². The Morgan fingerprint density at radius 1 is 1.29 bits per heavy atom. The number of nitrogens with one attached hydrogen (secondary N) is 3. The highest BCUT2D eigenvalue weighted by Crippen LogP contribution is 2.46. The number of thiophene rings is 1. The summed E-state index contributed by atoms with van der Waals surface area (Å²) < 4.78 is 0. The number of imide groups is 1. The molecule has 0 radical (unpaired) electrons. The summed E-state index contributed by atoms with van der Waals surface area (Å²) in [7, 11) is 0. The lowest BCUT2D eigenvalue weighted by molar-refractivity contribution is -0.137. The molecule has 2 aliphatic rings. The van der Waals surface area contributed by atoms with Crippen LogP contribution >= 0.6 is 11.3 Å². The second kappa shape index (κ2) is 6.72. The normalized spacial score (nSPS) is 20.5. The third-order valence-corrected chi connectivity index (χ3v) is 5.28. The first-order chi connectivity index (χ1) is 11.4. The second-order valence-electron chi connectivity index (χ2n) is 6.21. The van der Waals surface area contributed by atoms with Crippen LogP contribution in [0.2, 0.25) is 0 Å². The van der Waals surface area contributed by atoms with Gasteiger partial charge in [-0.1, -0.05) is 0 Å². The fraction of sp³-hybridized carbons (Fsp3) is 0.500. The Bertz CT molecular complexity index is 708. The van der Waals surface area contributed by atoms with Gasteiger partial charge in [0.25, 0.3) is 0 Å². The van der Waals surface area contributed by atoms with Crippen molar-refractivity contribution in [3.63, 3.8) is 0 Å². The van der Waals surface area contributed by atoms with Crippen LogP contribution in [0.4, 0.5) is 5.00 Å². The zero-order valence-corrected chi connectivity index (χ0v) is 14.1. The minimum absolute atomic E-state index is 0.0938. The zero-order chi connectivity index (χ0) is 17.3. The van der Waals surface area contributed by atoms with Crippen molar-refractivity contribution in [1.82, 2.24) is 10.6 Å². The van der Waals surface area contributed by atoms with E-state index in [4.69, 9.17) is 0 Å². The SMILES string of the molecule is CC(=O)Nc1sc(C2CC2)cc1CC(=O)NC1CCC(=O)NC1=O. The average Bonchev–Trinajstić information content (AvgIpc) is 3.26. The molecule has 1 saturated heterocycles. The molecular weight excluding hydrogens is 330 g/mol. The maximum atomic E-state index is 12.3. The number of anilines is 1. The van der Waals surface area contributed by atoms with E-state index < -0.39 is 11.9 Å². The average molecular weight is 349 g/mol. The first kappa shape index (κ1) is 16.6. The van der Waals surface area contributed by atoms with Crippen LogP contribution in [-0.2, 0) is 25.6 Å². The third kappa shape index (κ3) is 4.00. The van der Waals surface area contributed by atoms with Gasteiger partial charge in [-0.3, -0.25) is 24.5 Å². The summed E-state index contributed by atoms with van der Waals surface area (Å²) in [5.74, 6) is -0.715. The van der Waals surface area contributed by atoms with Gasteiger partial charge in [0.1, 0.15) is 6.04 Å². The van der Waals surface area contributed by atoms with Gasteiger partial charge >= 0.3 is 0 Å². The minimum atomic E-state index is -0.680. The maximum Gasteiger partial charge on any atom is 0.249 e. The third-order valence-electron chi connectivity index (χ3n) is 4.02. The van der Waals surface area contributed by atoms with Gasteiger partial charge in [-0.2, -0.15) is 0 Å². The molecule has 1 unspecified atom stereocenters. The van der Waals surface area contributed by atoms with Crippen LogP contribution in [-0.4, -0.2) is 29.7 Å². The molecule has 1 saturated carbocycles. The number of hydrogen-bond acceptors (Lipinski definition) is 5. The van der Waals surface area contributed by atoms with Gasteiger partial charge < -0.3 is 10.6 Å². The van der Waals surface area contributed by atoms with Crippen LogP contribution in [0, 0.1) is 0 Å². The summed E-state index contributed by atoms with van der Waals surface area (Å²) in [4.78, 5) is 47.6. The maximum absolute atomic E-state index is 12.3. The quantitative estimate of drug-likeness (QED) is 0.691. The summed E-state index contributed by atoms with van der Waals surface area (Å²) in [6.07, 6.45) is 2.91. The fourth-order valence-electron chi connectivity index (χ4n) is 2.67. The summed E-state index contributed by atoms with van der Waals surface area (Å²) in [6.45, 7) is 1.43. The number of rotatable bonds is 5. The van der Waals surface area contributed by atoms with E-state index in [1.54, 1.807) is 0 Å². The van der Waals surface area contributed by atoms with Gasteiger partial charge in [-0.25, -0.2) is 0 Å². The van der Waals surface area contributed by atoms with Crippen LogP contribution in [0.15, 0.2) is 6.07 Å². The summed E-state index contributed by atoms with van der Waals surface area (Å²) in [5.41, 5.74) is 0.766. The number of carbonyl (C=O) groups is 4. The van der Waals surface area contributed by atoms with Crippen LogP contribution < -0.4 is 16.0 Å². The van der Waals surface area contributed by atoms with E-state index in [1.165, 1.54) is 23.1 Å². The molecule has 4 amide bonds. The van der Waals surface area contributed by atoms with Gasteiger partial charge in [-0.15, -0.1) is 11.3 Å². The zero-order valence-electron chi connectivity index (χ0n) is 13.3. The van der Waals surface area contributed by atoms with Crippen LogP contribution in [0.1, 0.15) is 49.0 Å². The Balaban J connectivity index is 1.65. The van der Waals surface area contributed by atoms with E-state index in [1.807, 2.05) is 6.07 Å². The second-order valence-corrected chi connectivity index (χ2v) is 7.29. The van der Waals surface area contributed by atoms with E-state index in [-0.39, 0.29) is 30.6 Å². The number of piperidine rings is 1. The Labute approximate surface area is 143 Å². The lowest BCUT2D eigenvalue weighted by Gasteiger charge is -2.21. The molecule has 0 bridgehead atoms. The van der Waals surface area contributed by atoms with Crippen molar-refractivity contribution in [3.8, 4) is 0 Å². The smallest absolute Gasteiger partial charge is 0.249 e. The Morgan fingerprint density at radius 3 is 2.67 bits per heavy atom. The summed E-state index contributed by atoms with van der Waals surface area (Å²) in [5, 5.41) is 8.35. The highest BCUT2D eigenvalue weighted by atomic mass is 32.1. The van der Waals surface area contributed by atoms with E-state index in [9.17, 15) is 19.2 Å². The molecular formula is C16H19N3O4S. The van der Waals surface area contributed by atoms with Crippen LogP contribution in [0.25, 0.3) is 0 Å². The molecule has 1 aliphatic heterocycles. The standard InChI is InChI=1S/C16H19N3O4S/c1-8(20)17-16-10(6-12(24-16)9-2-3-9)7-14(22)18-11-4-5-13(21)19-15(11)23/h6,9,11H,2-5,7H2,1H3,(H,17,20)(H,18,22)(H,19,21,23). The molecule has 1 aromatic rings. The monoisotopic (exact) mass is 349 g/mol. The van der Waals surface area contributed by atoms with Crippen molar-refractivity contribution in [2.24, 2.45) is 0 Å². The predicted octanol–water partition coefficient (Wildman–Crippen LogP) is 1.05.